The Morgan fingerprint density at radius 3 is 2.30 bits per heavy atom. The number of hydrogen-bond acceptors (Lipinski definition) is 4. The van der Waals surface area contributed by atoms with Crippen LogP contribution in [0.5, 0.6) is 5.75 Å². The second-order valence-electron chi connectivity index (χ2n) is 6.38. The molecule has 0 aromatic heterocycles. The van der Waals surface area contributed by atoms with Gasteiger partial charge in [-0.2, -0.15) is 0 Å². The SMILES string of the molecule is CCOc1ccc(C(=O)Nc2ccc(CC)cc2)cc1S(=O)(=O)NC(C)C. The summed E-state index contributed by atoms with van der Waals surface area (Å²) < 4.78 is 33.2. The van der Waals surface area contributed by atoms with Crippen LogP contribution >= 0.6 is 0 Å². The Kier molecular flexibility index (Phi) is 6.98. The molecule has 0 fully saturated rings. The molecular formula is C20H26N2O4S. The van der Waals surface area contributed by atoms with Gasteiger partial charge in [-0.25, -0.2) is 13.1 Å². The van der Waals surface area contributed by atoms with Crippen LogP contribution in [-0.4, -0.2) is 27.0 Å². The molecule has 146 valence electrons. The summed E-state index contributed by atoms with van der Waals surface area (Å²) in [4.78, 5) is 12.5. The molecule has 2 rings (SSSR count). The number of aryl methyl sites for hydroxylation is 1. The molecule has 0 aliphatic heterocycles. The topological polar surface area (TPSA) is 84.5 Å². The first-order valence-electron chi connectivity index (χ1n) is 8.96. The van der Waals surface area contributed by atoms with Crippen LogP contribution in [0.4, 0.5) is 5.69 Å². The van der Waals surface area contributed by atoms with E-state index in [2.05, 4.69) is 17.0 Å². The number of anilines is 1. The summed E-state index contributed by atoms with van der Waals surface area (Å²) >= 11 is 0. The van der Waals surface area contributed by atoms with Gasteiger partial charge < -0.3 is 10.1 Å². The van der Waals surface area contributed by atoms with Crippen LogP contribution in [0.15, 0.2) is 47.4 Å². The molecular weight excluding hydrogens is 364 g/mol. The zero-order valence-electron chi connectivity index (χ0n) is 16.1. The maximum Gasteiger partial charge on any atom is 0.255 e. The fraction of sp³-hybridized carbons (Fsp3) is 0.350. The van der Waals surface area contributed by atoms with Crippen molar-refractivity contribution in [3.63, 3.8) is 0 Å². The Hall–Kier alpha value is -2.38. The maximum absolute atomic E-state index is 12.6. The molecule has 27 heavy (non-hydrogen) atoms. The van der Waals surface area contributed by atoms with E-state index in [0.717, 1.165) is 6.42 Å². The van der Waals surface area contributed by atoms with Crippen molar-refractivity contribution in [1.82, 2.24) is 4.72 Å². The van der Waals surface area contributed by atoms with Gasteiger partial charge in [-0.05, 0) is 63.1 Å². The molecule has 1 amide bonds. The van der Waals surface area contributed by atoms with E-state index in [9.17, 15) is 13.2 Å². The second-order valence-corrected chi connectivity index (χ2v) is 8.06. The highest BCUT2D eigenvalue weighted by molar-refractivity contribution is 7.89. The molecule has 2 aromatic carbocycles. The van der Waals surface area contributed by atoms with E-state index in [4.69, 9.17) is 4.74 Å². The van der Waals surface area contributed by atoms with Gasteiger partial charge in [-0.1, -0.05) is 19.1 Å². The summed E-state index contributed by atoms with van der Waals surface area (Å²) in [6, 6.07) is 11.6. The number of hydrogen-bond donors (Lipinski definition) is 2. The molecule has 0 heterocycles. The Morgan fingerprint density at radius 1 is 1.07 bits per heavy atom. The van der Waals surface area contributed by atoms with Crippen molar-refractivity contribution < 1.29 is 17.9 Å². The number of sulfonamides is 1. The van der Waals surface area contributed by atoms with Crippen LogP contribution in [0.3, 0.4) is 0 Å². The molecule has 0 bridgehead atoms. The average molecular weight is 391 g/mol. The molecule has 6 nitrogen and oxygen atoms in total. The predicted molar refractivity (Wildman–Crippen MR) is 107 cm³/mol. The zero-order valence-corrected chi connectivity index (χ0v) is 16.9. The van der Waals surface area contributed by atoms with E-state index < -0.39 is 10.0 Å². The van der Waals surface area contributed by atoms with E-state index in [0.29, 0.717) is 12.3 Å². The van der Waals surface area contributed by atoms with E-state index >= 15 is 0 Å². The molecule has 0 saturated heterocycles. The van der Waals surface area contributed by atoms with Crippen LogP contribution in [0.1, 0.15) is 43.6 Å². The van der Waals surface area contributed by atoms with Crippen molar-refractivity contribution in [3.8, 4) is 5.75 Å². The Morgan fingerprint density at radius 2 is 1.74 bits per heavy atom. The van der Waals surface area contributed by atoms with Crippen molar-refractivity contribution in [2.45, 2.75) is 45.1 Å². The number of nitrogens with one attached hydrogen (secondary N) is 2. The molecule has 0 atom stereocenters. The highest BCUT2D eigenvalue weighted by atomic mass is 32.2. The smallest absolute Gasteiger partial charge is 0.255 e. The van der Waals surface area contributed by atoms with Gasteiger partial charge in [0.05, 0.1) is 6.61 Å². The number of rotatable bonds is 8. The minimum Gasteiger partial charge on any atom is -0.492 e. The average Bonchev–Trinajstić information content (AvgIpc) is 2.61. The quantitative estimate of drug-likeness (QED) is 0.721. The van der Waals surface area contributed by atoms with Gasteiger partial charge >= 0.3 is 0 Å². The van der Waals surface area contributed by atoms with E-state index in [1.54, 1.807) is 26.8 Å². The molecule has 0 radical (unpaired) electrons. The number of ether oxygens (including phenoxy) is 1. The lowest BCUT2D eigenvalue weighted by molar-refractivity contribution is 0.102. The normalized spacial score (nSPS) is 11.4. The first kappa shape index (κ1) is 20.9. The van der Waals surface area contributed by atoms with Gasteiger partial charge in [0, 0.05) is 17.3 Å². The summed E-state index contributed by atoms with van der Waals surface area (Å²) in [6.07, 6.45) is 0.914. The van der Waals surface area contributed by atoms with Crippen LogP contribution in [0, 0.1) is 0 Å². The number of amides is 1. The van der Waals surface area contributed by atoms with Gasteiger partial charge in [0.2, 0.25) is 10.0 Å². The Bertz CT molecular complexity index is 891. The van der Waals surface area contributed by atoms with Gasteiger partial charge in [-0.15, -0.1) is 0 Å². The minimum atomic E-state index is -3.81. The fourth-order valence-corrected chi connectivity index (χ4v) is 3.96. The highest BCUT2D eigenvalue weighted by Gasteiger charge is 2.22. The summed E-state index contributed by atoms with van der Waals surface area (Å²) in [5, 5.41) is 2.79. The lowest BCUT2D eigenvalue weighted by atomic mass is 10.1. The molecule has 0 aliphatic carbocycles. The Balaban J connectivity index is 2.33. The first-order valence-corrected chi connectivity index (χ1v) is 10.4. The molecule has 0 aliphatic rings. The fourth-order valence-electron chi connectivity index (χ4n) is 2.53. The summed E-state index contributed by atoms with van der Waals surface area (Å²) in [6.45, 7) is 7.61. The molecule has 7 heteroatoms. The molecule has 2 aromatic rings. The largest absolute Gasteiger partial charge is 0.492 e. The van der Waals surface area contributed by atoms with Crippen molar-refractivity contribution in [2.75, 3.05) is 11.9 Å². The monoisotopic (exact) mass is 390 g/mol. The first-order chi connectivity index (χ1) is 12.8. The molecule has 2 N–H and O–H groups in total. The van der Waals surface area contributed by atoms with Crippen molar-refractivity contribution in [2.24, 2.45) is 0 Å². The van der Waals surface area contributed by atoms with Crippen LogP contribution in [-0.2, 0) is 16.4 Å². The standard InChI is InChI=1S/C20H26N2O4S/c1-5-15-7-10-17(11-8-15)21-20(23)16-9-12-18(26-6-2)19(13-16)27(24,25)22-14(3)4/h7-14,22H,5-6H2,1-4H3,(H,21,23). The van der Waals surface area contributed by atoms with Gasteiger partial charge in [0.25, 0.3) is 5.91 Å². The summed E-state index contributed by atoms with van der Waals surface area (Å²) in [5.74, 6) is -0.169. The lowest BCUT2D eigenvalue weighted by Gasteiger charge is -2.15. The number of carbonyl (C=O) groups excluding carboxylic acids is 1. The third-order valence-electron chi connectivity index (χ3n) is 3.81. The lowest BCUT2D eigenvalue weighted by Crippen LogP contribution is -2.30. The third kappa shape index (κ3) is 5.55. The number of benzene rings is 2. The molecule has 0 saturated carbocycles. The van der Waals surface area contributed by atoms with Crippen molar-refractivity contribution in [1.29, 1.82) is 0 Å². The summed E-state index contributed by atoms with van der Waals surface area (Å²) in [7, 11) is -3.81. The van der Waals surface area contributed by atoms with Crippen molar-refractivity contribution in [3.05, 3.63) is 53.6 Å². The van der Waals surface area contributed by atoms with E-state index in [-0.39, 0.29) is 28.2 Å². The Labute approximate surface area is 161 Å². The second kappa shape index (κ2) is 9.01. The summed E-state index contributed by atoms with van der Waals surface area (Å²) in [5.41, 5.74) is 2.06. The zero-order chi connectivity index (χ0) is 20.0. The van der Waals surface area contributed by atoms with Crippen LogP contribution in [0.25, 0.3) is 0 Å². The highest BCUT2D eigenvalue weighted by Crippen LogP contribution is 2.26. The van der Waals surface area contributed by atoms with Gasteiger partial charge in [-0.3, -0.25) is 4.79 Å². The van der Waals surface area contributed by atoms with Crippen LogP contribution < -0.4 is 14.8 Å². The number of carbonyl (C=O) groups is 1. The van der Waals surface area contributed by atoms with Gasteiger partial charge in [0.1, 0.15) is 10.6 Å². The van der Waals surface area contributed by atoms with Crippen molar-refractivity contribution >= 4 is 21.6 Å². The molecule has 0 spiro atoms. The van der Waals surface area contributed by atoms with E-state index in [1.807, 2.05) is 24.3 Å². The predicted octanol–water partition coefficient (Wildman–Crippen LogP) is 3.59. The minimum absolute atomic E-state index is 0.0490. The maximum atomic E-state index is 12.6. The van der Waals surface area contributed by atoms with E-state index in [1.165, 1.54) is 17.7 Å². The molecule has 0 unspecified atom stereocenters. The third-order valence-corrected chi connectivity index (χ3v) is 5.49. The van der Waals surface area contributed by atoms with Crippen LogP contribution in [0.2, 0.25) is 0 Å². The van der Waals surface area contributed by atoms with Gasteiger partial charge in [0.15, 0.2) is 0 Å².